The summed E-state index contributed by atoms with van der Waals surface area (Å²) in [6.45, 7) is 2.91. The third kappa shape index (κ3) is 3.67. The maximum Gasteiger partial charge on any atom is 0.224 e. The van der Waals surface area contributed by atoms with Crippen LogP contribution in [0, 0.1) is 5.92 Å². The molecule has 3 N–H and O–H groups in total. The fraction of sp³-hybridized carbons (Fsp3) is 0.455. The summed E-state index contributed by atoms with van der Waals surface area (Å²) in [7, 11) is 0. The standard InChI is InChI=1S/C11H17N3O/c1-2-14-11(15)10(8-12)7-9-3-5-13-6-4-9/h3-6,10H,2,7-8,12H2,1H3,(H,14,15). The molecule has 4 heteroatoms. The summed E-state index contributed by atoms with van der Waals surface area (Å²) in [5, 5.41) is 2.78. The van der Waals surface area contributed by atoms with Crippen LogP contribution in [-0.2, 0) is 11.2 Å². The van der Waals surface area contributed by atoms with Crippen molar-refractivity contribution in [2.24, 2.45) is 11.7 Å². The molecule has 0 saturated carbocycles. The highest BCUT2D eigenvalue weighted by atomic mass is 16.1. The van der Waals surface area contributed by atoms with Gasteiger partial charge in [-0.3, -0.25) is 9.78 Å². The first kappa shape index (κ1) is 11.7. The van der Waals surface area contributed by atoms with Crippen LogP contribution in [-0.4, -0.2) is 24.0 Å². The van der Waals surface area contributed by atoms with Crippen LogP contribution in [0.2, 0.25) is 0 Å². The molecule has 0 aliphatic rings. The molecular weight excluding hydrogens is 190 g/mol. The van der Waals surface area contributed by atoms with Gasteiger partial charge in [0.1, 0.15) is 0 Å². The predicted molar refractivity (Wildman–Crippen MR) is 59.2 cm³/mol. The zero-order valence-corrected chi connectivity index (χ0v) is 8.94. The van der Waals surface area contributed by atoms with Crippen LogP contribution in [0.4, 0.5) is 0 Å². The lowest BCUT2D eigenvalue weighted by Crippen LogP contribution is -2.36. The molecule has 0 fully saturated rings. The Hall–Kier alpha value is -1.42. The van der Waals surface area contributed by atoms with Gasteiger partial charge in [-0.25, -0.2) is 0 Å². The maximum absolute atomic E-state index is 11.6. The molecule has 0 aromatic carbocycles. The van der Waals surface area contributed by atoms with Crippen LogP contribution in [0.3, 0.4) is 0 Å². The molecule has 15 heavy (non-hydrogen) atoms. The summed E-state index contributed by atoms with van der Waals surface area (Å²) >= 11 is 0. The molecule has 4 nitrogen and oxygen atoms in total. The van der Waals surface area contributed by atoms with Crippen molar-refractivity contribution in [3.63, 3.8) is 0 Å². The van der Waals surface area contributed by atoms with Gasteiger partial charge in [-0.15, -0.1) is 0 Å². The summed E-state index contributed by atoms with van der Waals surface area (Å²) < 4.78 is 0. The highest BCUT2D eigenvalue weighted by Crippen LogP contribution is 2.06. The van der Waals surface area contributed by atoms with Gasteiger partial charge in [0.15, 0.2) is 0 Å². The van der Waals surface area contributed by atoms with E-state index in [0.717, 1.165) is 5.56 Å². The molecule has 0 radical (unpaired) electrons. The Morgan fingerprint density at radius 3 is 2.73 bits per heavy atom. The molecule has 0 bridgehead atoms. The summed E-state index contributed by atoms with van der Waals surface area (Å²) in [5.41, 5.74) is 6.66. The first-order valence-electron chi connectivity index (χ1n) is 5.14. The van der Waals surface area contributed by atoms with Crippen molar-refractivity contribution < 1.29 is 4.79 Å². The molecule has 1 rings (SSSR count). The van der Waals surface area contributed by atoms with Crippen LogP contribution in [0.15, 0.2) is 24.5 Å². The normalized spacial score (nSPS) is 12.1. The van der Waals surface area contributed by atoms with Crippen LogP contribution in [0.5, 0.6) is 0 Å². The van der Waals surface area contributed by atoms with Gasteiger partial charge in [-0.05, 0) is 31.0 Å². The molecule has 0 aliphatic carbocycles. The van der Waals surface area contributed by atoms with E-state index in [9.17, 15) is 4.79 Å². The third-order valence-electron chi connectivity index (χ3n) is 2.24. The summed E-state index contributed by atoms with van der Waals surface area (Å²) in [6.07, 6.45) is 4.12. The van der Waals surface area contributed by atoms with E-state index in [1.54, 1.807) is 12.4 Å². The molecule has 1 atom stereocenters. The fourth-order valence-electron chi connectivity index (χ4n) is 1.41. The van der Waals surface area contributed by atoms with Gasteiger partial charge >= 0.3 is 0 Å². The first-order chi connectivity index (χ1) is 7.27. The number of hydrogen-bond donors (Lipinski definition) is 2. The van der Waals surface area contributed by atoms with E-state index in [0.29, 0.717) is 19.5 Å². The van der Waals surface area contributed by atoms with Crippen molar-refractivity contribution in [1.82, 2.24) is 10.3 Å². The molecule has 0 spiro atoms. The molecule has 0 saturated heterocycles. The fourth-order valence-corrected chi connectivity index (χ4v) is 1.41. The van der Waals surface area contributed by atoms with E-state index < -0.39 is 0 Å². The number of nitrogens with zero attached hydrogens (tertiary/aromatic N) is 1. The molecule has 0 aliphatic heterocycles. The van der Waals surface area contributed by atoms with Crippen LogP contribution < -0.4 is 11.1 Å². The van der Waals surface area contributed by atoms with Gasteiger partial charge in [0.2, 0.25) is 5.91 Å². The number of carbonyl (C=O) groups excluding carboxylic acids is 1. The van der Waals surface area contributed by atoms with E-state index in [1.807, 2.05) is 19.1 Å². The van der Waals surface area contributed by atoms with Crippen molar-refractivity contribution in [3.8, 4) is 0 Å². The number of nitrogens with two attached hydrogens (primary N) is 1. The average molecular weight is 207 g/mol. The molecular formula is C11H17N3O. The van der Waals surface area contributed by atoms with Gasteiger partial charge < -0.3 is 11.1 Å². The van der Waals surface area contributed by atoms with Gasteiger partial charge in [0.05, 0.1) is 5.92 Å². The van der Waals surface area contributed by atoms with Gasteiger partial charge in [-0.1, -0.05) is 0 Å². The number of nitrogens with one attached hydrogen (secondary N) is 1. The number of hydrogen-bond acceptors (Lipinski definition) is 3. The van der Waals surface area contributed by atoms with Crippen LogP contribution in [0.25, 0.3) is 0 Å². The maximum atomic E-state index is 11.6. The van der Waals surface area contributed by atoms with Crippen molar-refractivity contribution >= 4 is 5.91 Å². The molecule has 1 unspecified atom stereocenters. The minimum Gasteiger partial charge on any atom is -0.356 e. The topological polar surface area (TPSA) is 68.0 Å². The predicted octanol–water partition coefficient (Wildman–Crippen LogP) is 0.335. The Morgan fingerprint density at radius 2 is 2.20 bits per heavy atom. The minimum absolute atomic E-state index is 0.0248. The Balaban J connectivity index is 2.58. The first-order valence-corrected chi connectivity index (χ1v) is 5.14. The largest absolute Gasteiger partial charge is 0.356 e. The quantitative estimate of drug-likeness (QED) is 0.731. The minimum atomic E-state index is -0.146. The van der Waals surface area contributed by atoms with Crippen molar-refractivity contribution in [2.75, 3.05) is 13.1 Å². The van der Waals surface area contributed by atoms with Crippen LogP contribution in [0.1, 0.15) is 12.5 Å². The second kappa shape index (κ2) is 6.14. The summed E-state index contributed by atoms with van der Waals surface area (Å²) in [5.74, 6) is -0.121. The van der Waals surface area contributed by atoms with E-state index in [-0.39, 0.29) is 11.8 Å². The Morgan fingerprint density at radius 1 is 1.53 bits per heavy atom. The third-order valence-corrected chi connectivity index (χ3v) is 2.24. The number of pyridine rings is 1. The zero-order chi connectivity index (χ0) is 11.1. The second-order valence-electron chi connectivity index (χ2n) is 3.39. The van der Waals surface area contributed by atoms with Crippen molar-refractivity contribution in [3.05, 3.63) is 30.1 Å². The lowest BCUT2D eigenvalue weighted by atomic mass is 9.99. The molecule has 82 valence electrons. The highest BCUT2D eigenvalue weighted by Gasteiger charge is 2.15. The van der Waals surface area contributed by atoms with E-state index >= 15 is 0 Å². The van der Waals surface area contributed by atoms with E-state index in [2.05, 4.69) is 10.3 Å². The monoisotopic (exact) mass is 207 g/mol. The average Bonchev–Trinajstić information content (AvgIpc) is 2.27. The van der Waals surface area contributed by atoms with Crippen molar-refractivity contribution in [1.29, 1.82) is 0 Å². The Bertz CT molecular complexity index is 300. The molecule has 1 heterocycles. The highest BCUT2D eigenvalue weighted by molar-refractivity contribution is 5.79. The summed E-state index contributed by atoms with van der Waals surface area (Å²) in [6, 6.07) is 3.81. The number of aromatic nitrogens is 1. The molecule has 1 aromatic heterocycles. The lowest BCUT2D eigenvalue weighted by Gasteiger charge is -2.13. The summed E-state index contributed by atoms with van der Waals surface area (Å²) in [4.78, 5) is 15.5. The number of carbonyl (C=O) groups is 1. The SMILES string of the molecule is CCNC(=O)C(CN)Cc1ccncc1. The van der Waals surface area contributed by atoms with Crippen LogP contribution >= 0.6 is 0 Å². The smallest absolute Gasteiger partial charge is 0.224 e. The Kier molecular flexibility index (Phi) is 4.77. The van der Waals surface area contributed by atoms with E-state index in [1.165, 1.54) is 0 Å². The number of rotatable bonds is 5. The van der Waals surface area contributed by atoms with E-state index in [4.69, 9.17) is 5.73 Å². The lowest BCUT2D eigenvalue weighted by molar-refractivity contribution is -0.124. The Labute approximate surface area is 89.9 Å². The van der Waals surface area contributed by atoms with Gasteiger partial charge in [-0.2, -0.15) is 0 Å². The van der Waals surface area contributed by atoms with Gasteiger partial charge in [0, 0.05) is 25.5 Å². The molecule has 1 amide bonds. The number of amides is 1. The second-order valence-corrected chi connectivity index (χ2v) is 3.39. The molecule has 1 aromatic rings. The van der Waals surface area contributed by atoms with Gasteiger partial charge in [0.25, 0.3) is 0 Å². The van der Waals surface area contributed by atoms with Crippen molar-refractivity contribution in [2.45, 2.75) is 13.3 Å². The zero-order valence-electron chi connectivity index (χ0n) is 8.94.